The van der Waals surface area contributed by atoms with Crippen LogP contribution in [0.1, 0.15) is 26.0 Å². The van der Waals surface area contributed by atoms with Gasteiger partial charge in [0.2, 0.25) is 0 Å². The molecule has 1 fully saturated rings. The lowest BCUT2D eigenvalue weighted by Gasteiger charge is -2.19. The second-order valence-electron chi connectivity index (χ2n) is 5.77. The average molecular weight is 278 g/mol. The summed E-state index contributed by atoms with van der Waals surface area (Å²) in [5.74, 6) is 0.728. The summed E-state index contributed by atoms with van der Waals surface area (Å²) in [4.78, 5) is 7.21. The molecule has 1 atom stereocenters. The number of hydrogen-bond donors (Lipinski definition) is 0. The zero-order valence-electron chi connectivity index (χ0n) is 11.5. The first-order chi connectivity index (χ1) is 9.13. The highest BCUT2D eigenvalue weighted by Crippen LogP contribution is 2.23. The molecule has 2 aromatic rings. The molecule has 3 nitrogen and oxygen atoms in total. The summed E-state index contributed by atoms with van der Waals surface area (Å²) in [6.45, 7) is 6.95. The van der Waals surface area contributed by atoms with E-state index < -0.39 is 0 Å². The molecule has 0 spiro atoms. The van der Waals surface area contributed by atoms with Gasteiger partial charge in [0.05, 0.1) is 10.7 Å². The molecule has 3 heterocycles. The van der Waals surface area contributed by atoms with E-state index in [4.69, 9.17) is 11.6 Å². The fraction of sp³-hybridized carbons (Fsp3) is 0.533. The second kappa shape index (κ2) is 5.14. The van der Waals surface area contributed by atoms with Crippen molar-refractivity contribution < 1.29 is 0 Å². The summed E-state index contributed by atoms with van der Waals surface area (Å²) in [7, 11) is 0. The number of hydrogen-bond acceptors (Lipinski definition) is 2. The molecule has 0 aromatic carbocycles. The Morgan fingerprint density at radius 1 is 1.47 bits per heavy atom. The van der Waals surface area contributed by atoms with Crippen LogP contribution in [-0.2, 0) is 6.42 Å². The molecule has 2 aromatic heterocycles. The Hall–Kier alpha value is -1.06. The van der Waals surface area contributed by atoms with E-state index in [1.165, 1.54) is 19.5 Å². The van der Waals surface area contributed by atoms with Gasteiger partial charge in [0.1, 0.15) is 0 Å². The predicted octanol–water partition coefficient (Wildman–Crippen LogP) is 3.26. The number of halogens is 1. The number of aromatic nitrogens is 2. The van der Waals surface area contributed by atoms with Crippen molar-refractivity contribution >= 4 is 17.2 Å². The van der Waals surface area contributed by atoms with E-state index in [1.54, 1.807) is 0 Å². The third-order valence-electron chi connectivity index (χ3n) is 4.03. The summed E-state index contributed by atoms with van der Waals surface area (Å²) in [5, 5.41) is 0.726. The lowest BCUT2D eigenvalue weighted by molar-refractivity contribution is 0.265. The van der Waals surface area contributed by atoms with Crippen LogP contribution in [0.5, 0.6) is 0 Å². The molecule has 4 heteroatoms. The monoisotopic (exact) mass is 277 g/mol. The largest absolute Gasteiger partial charge is 0.306 e. The first kappa shape index (κ1) is 12.9. The Morgan fingerprint density at radius 2 is 2.32 bits per heavy atom. The lowest BCUT2D eigenvalue weighted by Crippen LogP contribution is -2.28. The SMILES string of the molecule is CC(C)N1CCC(Cc2cn3cccc(Cl)c3n2)C1. The molecule has 0 saturated carbocycles. The normalized spacial score (nSPS) is 20.7. The summed E-state index contributed by atoms with van der Waals surface area (Å²) in [6.07, 6.45) is 6.45. The van der Waals surface area contributed by atoms with Crippen molar-refractivity contribution in [1.82, 2.24) is 14.3 Å². The molecule has 0 N–H and O–H groups in total. The number of imidazole rings is 1. The van der Waals surface area contributed by atoms with E-state index in [0.717, 1.165) is 28.7 Å². The Balaban J connectivity index is 1.74. The topological polar surface area (TPSA) is 20.5 Å². The van der Waals surface area contributed by atoms with Crippen molar-refractivity contribution in [1.29, 1.82) is 0 Å². The van der Waals surface area contributed by atoms with Crippen LogP contribution < -0.4 is 0 Å². The van der Waals surface area contributed by atoms with Crippen molar-refractivity contribution in [3.63, 3.8) is 0 Å². The molecule has 0 amide bonds. The van der Waals surface area contributed by atoms with Crippen LogP contribution in [0, 0.1) is 5.92 Å². The third-order valence-corrected chi connectivity index (χ3v) is 4.33. The van der Waals surface area contributed by atoms with Crippen LogP contribution in [0.2, 0.25) is 5.02 Å². The van der Waals surface area contributed by atoms with Crippen LogP contribution in [-0.4, -0.2) is 33.4 Å². The molecule has 3 rings (SSSR count). The van der Waals surface area contributed by atoms with Crippen molar-refractivity contribution in [2.45, 2.75) is 32.7 Å². The molecule has 1 aliphatic heterocycles. The Labute approximate surface area is 119 Å². The first-order valence-electron chi connectivity index (χ1n) is 6.99. The summed E-state index contributed by atoms with van der Waals surface area (Å²) in [5.41, 5.74) is 2.03. The van der Waals surface area contributed by atoms with E-state index in [0.29, 0.717) is 6.04 Å². The Kier molecular flexibility index (Phi) is 3.50. The number of likely N-dealkylation sites (tertiary alicyclic amines) is 1. The molecule has 1 saturated heterocycles. The molecule has 19 heavy (non-hydrogen) atoms. The van der Waals surface area contributed by atoms with Crippen LogP contribution in [0.3, 0.4) is 0 Å². The predicted molar refractivity (Wildman–Crippen MR) is 78.7 cm³/mol. The molecule has 0 aliphatic carbocycles. The van der Waals surface area contributed by atoms with Crippen LogP contribution in [0.4, 0.5) is 0 Å². The maximum Gasteiger partial charge on any atom is 0.155 e. The quantitative estimate of drug-likeness (QED) is 0.858. The highest BCUT2D eigenvalue weighted by atomic mass is 35.5. The standard InChI is InChI=1S/C15H20ClN3/c1-11(2)18-7-5-12(9-18)8-13-10-19-6-3-4-14(16)15(19)17-13/h3-4,6,10-12H,5,7-9H2,1-2H3. The molecule has 0 radical (unpaired) electrons. The summed E-state index contributed by atoms with van der Waals surface area (Å²) < 4.78 is 2.02. The second-order valence-corrected chi connectivity index (χ2v) is 6.17. The van der Waals surface area contributed by atoms with Gasteiger partial charge in [0.15, 0.2) is 5.65 Å². The lowest BCUT2D eigenvalue weighted by atomic mass is 10.0. The van der Waals surface area contributed by atoms with Crippen LogP contribution >= 0.6 is 11.6 Å². The minimum absolute atomic E-state index is 0.653. The fourth-order valence-corrected chi connectivity index (χ4v) is 3.13. The fourth-order valence-electron chi connectivity index (χ4n) is 2.92. The zero-order chi connectivity index (χ0) is 13.4. The van der Waals surface area contributed by atoms with Gasteiger partial charge < -0.3 is 9.30 Å². The van der Waals surface area contributed by atoms with Gasteiger partial charge >= 0.3 is 0 Å². The van der Waals surface area contributed by atoms with Gasteiger partial charge in [-0.1, -0.05) is 11.6 Å². The van der Waals surface area contributed by atoms with Gasteiger partial charge in [-0.25, -0.2) is 4.98 Å². The van der Waals surface area contributed by atoms with E-state index in [9.17, 15) is 0 Å². The third kappa shape index (κ3) is 2.63. The highest BCUT2D eigenvalue weighted by molar-refractivity contribution is 6.33. The maximum absolute atomic E-state index is 6.16. The van der Waals surface area contributed by atoms with Gasteiger partial charge in [-0.05, 0) is 51.3 Å². The van der Waals surface area contributed by atoms with Crippen molar-refractivity contribution in [2.75, 3.05) is 13.1 Å². The molecule has 0 bridgehead atoms. The van der Waals surface area contributed by atoms with Gasteiger partial charge in [-0.3, -0.25) is 0 Å². The Morgan fingerprint density at radius 3 is 3.00 bits per heavy atom. The smallest absolute Gasteiger partial charge is 0.155 e. The van der Waals surface area contributed by atoms with Crippen molar-refractivity contribution in [3.05, 3.63) is 35.2 Å². The molecule has 1 aliphatic rings. The van der Waals surface area contributed by atoms with Gasteiger partial charge in [0, 0.05) is 25.0 Å². The van der Waals surface area contributed by atoms with Crippen LogP contribution in [0.25, 0.3) is 5.65 Å². The van der Waals surface area contributed by atoms with Gasteiger partial charge in [0.25, 0.3) is 0 Å². The molecular weight excluding hydrogens is 258 g/mol. The van der Waals surface area contributed by atoms with E-state index >= 15 is 0 Å². The number of nitrogens with zero attached hydrogens (tertiary/aromatic N) is 3. The highest BCUT2D eigenvalue weighted by Gasteiger charge is 2.24. The zero-order valence-corrected chi connectivity index (χ0v) is 12.3. The number of rotatable bonds is 3. The minimum Gasteiger partial charge on any atom is -0.306 e. The summed E-state index contributed by atoms with van der Waals surface area (Å²) >= 11 is 6.16. The van der Waals surface area contributed by atoms with Gasteiger partial charge in [-0.2, -0.15) is 0 Å². The van der Waals surface area contributed by atoms with Gasteiger partial charge in [-0.15, -0.1) is 0 Å². The van der Waals surface area contributed by atoms with E-state index in [1.807, 2.05) is 22.7 Å². The maximum atomic E-state index is 6.16. The minimum atomic E-state index is 0.653. The number of fused-ring (bicyclic) bond motifs is 1. The van der Waals surface area contributed by atoms with Crippen molar-refractivity contribution in [2.24, 2.45) is 5.92 Å². The first-order valence-corrected chi connectivity index (χ1v) is 7.37. The molecular formula is C15H20ClN3. The average Bonchev–Trinajstić information content (AvgIpc) is 2.96. The molecule has 102 valence electrons. The summed E-state index contributed by atoms with van der Waals surface area (Å²) in [6, 6.07) is 4.50. The van der Waals surface area contributed by atoms with E-state index in [-0.39, 0.29) is 0 Å². The van der Waals surface area contributed by atoms with E-state index in [2.05, 4.69) is 29.9 Å². The Bertz CT molecular complexity index is 576. The molecule has 1 unspecified atom stereocenters. The van der Waals surface area contributed by atoms with Crippen molar-refractivity contribution in [3.8, 4) is 0 Å². The van der Waals surface area contributed by atoms with Crippen LogP contribution in [0.15, 0.2) is 24.5 Å². The number of pyridine rings is 1.